The number of urea groups is 1. The number of carbonyl (C=O) groups is 2. The van der Waals surface area contributed by atoms with Crippen molar-refractivity contribution >= 4 is 39.2 Å². The van der Waals surface area contributed by atoms with Crippen molar-refractivity contribution in [2.24, 2.45) is 4.40 Å². The molecule has 0 unspecified atom stereocenters. The van der Waals surface area contributed by atoms with Crippen molar-refractivity contribution in [1.82, 2.24) is 10.2 Å². The lowest BCUT2D eigenvalue weighted by molar-refractivity contribution is -0.117. The first-order chi connectivity index (χ1) is 15.8. The van der Waals surface area contributed by atoms with E-state index in [0.717, 1.165) is 11.1 Å². The van der Waals surface area contributed by atoms with Crippen LogP contribution in [0.15, 0.2) is 76.9 Å². The second-order valence-corrected chi connectivity index (χ2v) is 9.40. The van der Waals surface area contributed by atoms with Gasteiger partial charge in [0.05, 0.1) is 11.3 Å². The molecule has 2 heterocycles. The number of benzene rings is 2. The predicted molar refractivity (Wildman–Crippen MR) is 127 cm³/mol. The number of fused-ring (bicyclic) bond motifs is 1. The summed E-state index contributed by atoms with van der Waals surface area (Å²) in [6, 6.07) is 14.2. The molecule has 0 aromatic heterocycles. The molecule has 2 aliphatic heterocycles. The fourth-order valence-electron chi connectivity index (χ4n) is 3.45. The highest BCUT2D eigenvalue weighted by Crippen LogP contribution is 2.18. The first-order valence-corrected chi connectivity index (χ1v) is 11.9. The van der Waals surface area contributed by atoms with Gasteiger partial charge in [0, 0.05) is 30.7 Å². The van der Waals surface area contributed by atoms with E-state index in [0.29, 0.717) is 11.4 Å². The number of allylic oxidation sites excluding steroid dienone is 2. The highest BCUT2D eigenvalue weighted by atomic mass is 32.2. The minimum absolute atomic E-state index is 0.0903. The maximum absolute atomic E-state index is 12.7. The van der Waals surface area contributed by atoms with Crippen LogP contribution in [0.2, 0.25) is 0 Å². The van der Waals surface area contributed by atoms with Crippen LogP contribution in [-0.2, 0) is 21.4 Å². The third-order valence-electron chi connectivity index (χ3n) is 5.02. The Morgan fingerprint density at radius 3 is 2.55 bits per heavy atom. The van der Waals surface area contributed by atoms with Crippen LogP contribution in [0.3, 0.4) is 0 Å². The summed E-state index contributed by atoms with van der Waals surface area (Å²) in [5.74, 6) is -0.396. The van der Waals surface area contributed by atoms with E-state index in [1.165, 1.54) is 0 Å². The molecule has 0 spiro atoms. The molecular weight excluding hydrogens is 442 g/mol. The molecule has 0 radical (unpaired) electrons. The molecule has 3 amide bonds. The Hall–Kier alpha value is -3.92. The Balaban J connectivity index is 1.38. The number of nitrogens with one attached hydrogen (secondary N) is 3. The lowest BCUT2D eigenvalue weighted by atomic mass is 10.1. The van der Waals surface area contributed by atoms with Crippen molar-refractivity contribution in [2.75, 3.05) is 22.9 Å². The molecule has 170 valence electrons. The third-order valence-corrected chi connectivity index (χ3v) is 6.17. The third kappa shape index (κ3) is 5.66. The topological polar surface area (TPSA) is 120 Å². The average molecular weight is 466 g/mol. The van der Waals surface area contributed by atoms with Gasteiger partial charge in [-0.05, 0) is 54.5 Å². The fourth-order valence-corrected chi connectivity index (χ4v) is 4.43. The first-order valence-electron chi connectivity index (χ1n) is 10.3. The number of nitrogens with zero attached hydrogens (tertiary/aromatic N) is 2. The van der Waals surface area contributed by atoms with E-state index < -0.39 is 15.9 Å². The highest BCUT2D eigenvalue weighted by molar-refractivity contribution is 7.90. The van der Waals surface area contributed by atoms with Crippen molar-refractivity contribution in [2.45, 2.75) is 13.5 Å². The van der Waals surface area contributed by atoms with Crippen LogP contribution in [0.1, 0.15) is 11.1 Å². The van der Waals surface area contributed by atoms with Crippen LogP contribution in [0.25, 0.3) is 0 Å². The lowest BCUT2D eigenvalue weighted by Gasteiger charge is -2.28. The Bertz CT molecular complexity index is 1300. The van der Waals surface area contributed by atoms with Crippen molar-refractivity contribution in [3.05, 3.63) is 83.6 Å². The molecule has 0 saturated carbocycles. The molecule has 33 heavy (non-hydrogen) atoms. The minimum atomic E-state index is -3.58. The van der Waals surface area contributed by atoms with E-state index in [1.807, 2.05) is 31.2 Å². The molecule has 0 aliphatic carbocycles. The molecule has 0 fully saturated rings. The zero-order valence-corrected chi connectivity index (χ0v) is 18.7. The molecule has 2 aromatic carbocycles. The van der Waals surface area contributed by atoms with E-state index >= 15 is 0 Å². The van der Waals surface area contributed by atoms with Gasteiger partial charge in [0.1, 0.15) is 0 Å². The van der Waals surface area contributed by atoms with Gasteiger partial charge in [-0.25, -0.2) is 13.2 Å². The van der Waals surface area contributed by atoms with Gasteiger partial charge in [-0.3, -0.25) is 4.79 Å². The number of carbonyl (C=O) groups excluding carboxylic acids is 2. The summed E-state index contributed by atoms with van der Waals surface area (Å²) >= 11 is 0. The molecule has 9 nitrogen and oxygen atoms in total. The fraction of sp³-hybridized carbons (Fsp3) is 0.174. The smallest absolute Gasteiger partial charge is 0.323 e. The lowest BCUT2D eigenvalue weighted by Crippen LogP contribution is -2.42. The van der Waals surface area contributed by atoms with Crippen LogP contribution in [-0.4, -0.2) is 43.4 Å². The van der Waals surface area contributed by atoms with Gasteiger partial charge in [-0.15, -0.1) is 4.40 Å². The number of sulfonamides is 1. The van der Waals surface area contributed by atoms with Crippen LogP contribution in [0.5, 0.6) is 0 Å². The number of aryl methyl sites for hydroxylation is 1. The number of hydrogen-bond donors (Lipinski definition) is 3. The van der Waals surface area contributed by atoms with Gasteiger partial charge in [-0.2, -0.15) is 0 Å². The maximum atomic E-state index is 12.7. The quantitative estimate of drug-likeness (QED) is 0.627. The van der Waals surface area contributed by atoms with E-state index in [-0.39, 0.29) is 36.3 Å². The summed E-state index contributed by atoms with van der Waals surface area (Å²) in [7, 11) is -3.58. The Kier molecular flexibility index (Phi) is 6.27. The summed E-state index contributed by atoms with van der Waals surface area (Å²) in [6.07, 6.45) is 4.92. The summed E-state index contributed by atoms with van der Waals surface area (Å²) in [6.45, 7) is 2.38. The molecule has 2 aromatic rings. The van der Waals surface area contributed by atoms with Crippen molar-refractivity contribution < 1.29 is 18.0 Å². The molecule has 0 saturated heterocycles. The zero-order chi connectivity index (χ0) is 23.4. The van der Waals surface area contributed by atoms with Gasteiger partial charge in [0.25, 0.3) is 15.9 Å². The summed E-state index contributed by atoms with van der Waals surface area (Å²) in [5.41, 5.74) is 3.24. The predicted octanol–water partition coefficient (Wildman–Crippen LogP) is 2.75. The summed E-state index contributed by atoms with van der Waals surface area (Å²) in [5, 5.41) is 8.33. The molecule has 10 heteroatoms. The van der Waals surface area contributed by atoms with Crippen LogP contribution >= 0.6 is 0 Å². The zero-order valence-electron chi connectivity index (χ0n) is 17.9. The first kappa shape index (κ1) is 22.3. The summed E-state index contributed by atoms with van der Waals surface area (Å²) in [4.78, 5) is 26.7. The van der Waals surface area contributed by atoms with Gasteiger partial charge >= 0.3 is 6.03 Å². The maximum Gasteiger partial charge on any atom is 0.323 e. The monoisotopic (exact) mass is 465 g/mol. The molecule has 0 bridgehead atoms. The van der Waals surface area contributed by atoms with Crippen molar-refractivity contribution in [1.29, 1.82) is 0 Å². The van der Waals surface area contributed by atoms with Crippen molar-refractivity contribution in [3.8, 4) is 0 Å². The number of hydrogen-bond acceptors (Lipinski definition) is 5. The van der Waals surface area contributed by atoms with Crippen molar-refractivity contribution in [3.63, 3.8) is 0 Å². The van der Waals surface area contributed by atoms with E-state index in [9.17, 15) is 18.0 Å². The van der Waals surface area contributed by atoms with E-state index in [1.54, 1.807) is 47.5 Å². The van der Waals surface area contributed by atoms with Gasteiger partial charge in [-0.1, -0.05) is 24.3 Å². The number of anilines is 2. The molecule has 3 N–H and O–H groups in total. The molecular formula is C23H23N5O4S. The SMILES string of the molecule is Cc1cccc(NC(=O)Nc2cccc(CNC(=O)C3=CC=CN4CCS(=O)(=O)N=C34)c2)c1. The van der Waals surface area contributed by atoms with E-state index in [2.05, 4.69) is 20.3 Å². The number of amides is 3. The Morgan fingerprint density at radius 1 is 1.06 bits per heavy atom. The highest BCUT2D eigenvalue weighted by Gasteiger charge is 2.29. The second kappa shape index (κ2) is 9.29. The Morgan fingerprint density at radius 2 is 1.79 bits per heavy atom. The minimum Gasteiger partial charge on any atom is -0.348 e. The number of amidine groups is 1. The molecule has 2 aliphatic rings. The van der Waals surface area contributed by atoms with E-state index in [4.69, 9.17) is 0 Å². The Labute approximate surface area is 192 Å². The largest absolute Gasteiger partial charge is 0.348 e. The molecule has 4 rings (SSSR count). The normalized spacial score (nSPS) is 16.2. The van der Waals surface area contributed by atoms with Gasteiger partial charge in [0.15, 0.2) is 5.84 Å². The molecule has 0 atom stereocenters. The summed E-state index contributed by atoms with van der Waals surface area (Å²) < 4.78 is 27.5. The number of rotatable bonds is 5. The standard InChI is InChI=1S/C23H23N5O4S/c1-16-5-2-7-18(13-16)25-23(30)26-19-8-3-6-17(14-19)15-24-22(29)20-9-4-10-28-11-12-33(31,32)27-21(20)28/h2-10,13-14H,11-12,15H2,1H3,(H,24,29)(H2,25,26,30). The average Bonchev–Trinajstić information content (AvgIpc) is 2.76. The van der Waals surface area contributed by atoms with Gasteiger partial charge < -0.3 is 20.9 Å². The van der Waals surface area contributed by atoms with Crippen LogP contribution in [0, 0.1) is 6.92 Å². The second-order valence-electron chi connectivity index (χ2n) is 7.65. The van der Waals surface area contributed by atoms with Gasteiger partial charge in [0.2, 0.25) is 0 Å². The van der Waals surface area contributed by atoms with Crippen LogP contribution in [0.4, 0.5) is 16.2 Å². The van der Waals surface area contributed by atoms with Crippen LogP contribution < -0.4 is 16.0 Å².